The van der Waals surface area contributed by atoms with Crippen molar-refractivity contribution in [1.29, 1.82) is 0 Å². The summed E-state index contributed by atoms with van der Waals surface area (Å²) in [5, 5.41) is 0. The molecule has 1 aromatic heterocycles. The van der Waals surface area contributed by atoms with Gasteiger partial charge < -0.3 is 0 Å². The van der Waals surface area contributed by atoms with E-state index in [0.717, 1.165) is 16.3 Å². The number of hydrogen-bond donors (Lipinski definition) is 2. The fourth-order valence-electron chi connectivity index (χ4n) is 3.38. The largest absolute Gasteiger partial charge is 0.271 e. The number of hydrogen-bond acceptors (Lipinski definition) is 3. The molecule has 0 radical (unpaired) electrons. The smallest absolute Gasteiger partial charge is 0.0503 e. The molecule has 2 rings (SSSR count). The van der Waals surface area contributed by atoms with E-state index in [1.807, 2.05) is 12.4 Å². The zero-order valence-electron chi connectivity index (χ0n) is 11.1. The molecule has 1 aliphatic rings. The molecule has 4 heteroatoms. The quantitative estimate of drug-likeness (QED) is 0.664. The first-order valence-electron chi connectivity index (χ1n) is 6.66. The minimum atomic E-state index is 0.209. The van der Waals surface area contributed by atoms with Crippen LogP contribution in [0.15, 0.2) is 22.9 Å². The normalized spacial score (nSPS) is 30.1. The molecule has 3 N–H and O–H groups in total. The minimum Gasteiger partial charge on any atom is -0.271 e. The maximum atomic E-state index is 5.78. The van der Waals surface area contributed by atoms with E-state index in [-0.39, 0.29) is 6.04 Å². The number of rotatable bonds is 3. The summed E-state index contributed by atoms with van der Waals surface area (Å²) >= 11 is 3.48. The first-order valence-corrected chi connectivity index (χ1v) is 7.46. The lowest BCUT2D eigenvalue weighted by atomic mass is 9.73. The second-order valence-electron chi connectivity index (χ2n) is 5.76. The maximum absolute atomic E-state index is 5.78. The van der Waals surface area contributed by atoms with E-state index in [1.165, 1.54) is 24.8 Å². The SMILES string of the molecule is CC1CC(C)CC(C(NN)c2cncc(Br)c2)C1. The second-order valence-corrected chi connectivity index (χ2v) is 6.67. The average molecular weight is 312 g/mol. The van der Waals surface area contributed by atoms with Crippen LogP contribution in [0.4, 0.5) is 0 Å². The molecule has 3 unspecified atom stereocenters. The molecule has 0 amide bonds. The molecule has 1 heterocycles. The Bertz CT molecular complexity index is 386. The van der Waals surface area contributed by atoms with E-state index in [0.29, 0.717) is 5.92 Å². The first kappa shape index (κ1) is 14.0. The Labute approximate surface area is 118 Å². The number of nitrogens with two attached hydrogens (primary N) is 1. The van der Waals surface area contributed by atoms with E-state index in [9.17, 15) is 0 Å². The van der Waals surface area contributed by atoms with E-state index < -0.39 is 0 Å². The van der Waals surface area contributed by atoms with Crippen LogP contribution < -0.4 is 11.3 Å². The Hall–Kier alpha value is -0.450. The first-order chi connectivity index (χ1) is 8.60. The van der Waals surface area contributed by atoms with Gasteiger partial charge in [-0.05, 0) is 64.6 Å². The molecular formula is C14H22BrN3. The van der Waals surface area contributed by atoms with Crippen molar-refractivity contribution in [1.82, 2.24) is 10.4 Å². The maximum Gasteiger partial charge on any atom is 0.0503 e. The van der Waals surface area contributed by atoms with Crippen LogP contribution in [-0.4, -0.2) is 4.98 Å². The lowest BCUT2D eigenvalue weighted by Crippen LogP contribution is -2.37. The molecule has 3 atom stereocenters. The molecule has 100 valence electrons. The topological polar surface area (TPSA) is 50.9 Å². The van der Waals surface area contributed by atoms with Gasteiger partial charge in [-0.2, -0.15) is 0 Å². The van der Waals surface area contributed by atoms with Crippen LogP contribution >= 0.6 is 15.9 Å². The number of halogens is 1. The van der Waals surface area contributed by atoms with Gasteiger partial charge in [-0.3, -0.25) is 16.3 Å². The number of aromatic nitrogens is 1. The number of nitrogens with zero attached hydrogens (tertiary/aromatic N) is 1. The van der Waals surface area contributed by atoms with Crippen LogP contribution in [-0.2, 0) is 0 Å². The Kier molecular flexibility index (Phi) is 4.76. The van der Waals surface area contributed by atoms with E-state index in [2.05, 4.69) is 46.3 Å². The molecule has 0 aromatic carbocycles. The standard InChI is InChI=1S/C14H22BrN3/c1-9-3-10(2)5-11(4-9)14(18-16)12-6-13(15)8-17-7-12/h6-11,14,18H,3-5,16H2,1-2H3. The van der Waals surface area contributed by atoms with Gasteiger partial charge in [-0.25, -0.2) is 0 Å². The fraction of sp³-hybridized carbons (Fsp3) is 0.643. The van der Waals surface area contributed by atoms with Gasteiger partial charge in [0.05, 0.1) is 6.04 Å². The minimum absolute atomic E-state index is 0.209. The molecule has 1 saturated carbocycles. The Morgan fingerprint density at radius 1 is 1.28 bits per heavy atom. The van der Waals surface area contributed by atoms with E-state index >= 15 is 0 Å². The monoisotopic (exact) mass is 311 g/mol. The Balaban J connectivity index is 2.17. The summed E-state index contributed by atoms with van der Waals surface area (Å²) in [7, 11) is 0. The molecule has 0 aliphatic heterocycles. The van der Waals surface area contributed by atoms with Crippen molar-refractivity contribution in [2.75, 3.05) is 0 Å². The number of pyridine rings is 1. The molecule has 0 spiro atoms. The third-order valence-corrected chi connectivity index (χ3v) is 4.38. The molecule has 0 saturated heterocycles. The summed E-state index contributed by atoms with van der Waals surface area (Å²) in [5.74, 6) is 7.96. The predicted octanol–water partition coefficient (Wildman–Crippen LogP) is 3.42. The summed E-state index contributed by atoms with van der Waals surface area (Å²) in [4.78, 5) is 4.24. The molecule has 18 heavy (non-hydrogen) atoms. The lowest BCUT2D eigenvalue weighted by molar-refractivity contribution is 0.177. The average Bonchev–Trinajstić information content (AvgIpc) is 2.28. The molecule has 1 fully saturated rings. The van der Waals surface area contributed by atoms with E-state index in [1.54, 1.807) is 0 Å². The molecule has 1 aromatic rings. The Morgan fingerprint density at radius 3 is 2.50 bits per heavy atom. The zero-order valence-corrected chi connectivity index (χ0v) is 12.7. The predicted molar refractivity (Wildman–Crippen MR) is 77.7 cm³/mol. The van der Waals surface area contributed by atoms with Gasteiger partial charge in [-0.15, -0.1) is 0 Å². The van der Waals surface area contributed by atoms with Gasteiger partial charge in [0.25, 0.3) is 0 Å². The van der Waals surface area contributed by atoms with Crippen LogP contribution in [0.3, 0.4) is 0 Å². The van der Waals surface area contributed by atoms with Crippen molar-refractivity contribution in [3.63, 3.8) is 0 Å². The van der Waals surface area contributed by atoms with Crippen molar-refractivity contribution >= 4 is 15.9 Å². The molecular weight excluding hydrogens is 290 g/mol. The van der Waals surface area contributed by atoms with Crippen molar-refractivity contribution in [2.45, 2.75) is 39.2 Å². The van der Waals surface area contributed by atoms with Crippen LogP contribution in [0.2, 0.25) is 0 Å². The van der Waals surface area contributed by atoms with Crippen molar-refractivity contribution in [3.05, 3.63) is 28.5 Å². The van der Waals surface area contributed by atoms with Gasteiger partial charge in [0.1, 0.15) is 0 Å². The third-order valence-electron chi connectivity index (χ3n) is 3.95. The molecule has 3 nitrogen and oxygen atoms in total. The van der Waals surface area contributed by atoms with Crippen molar-refractivity contribution < 1.29 is 0 Å². The lowest BCUT2D eigenvalue weighted by Gasteiger charge is -2.36. The van der Waals surface area contributed by atoms with Gasteiger partial charge in [0, 0.05) is 16.9 Å². The third kappa shape index (κ3) is 3.31. The van der Waals surface area contributed by atoms with Gasteiger partial charge in [-0.1, -0.05) is 13.8 Å². The highest BCUT2D eigenvalue weighted by molar-refractivity contribution is 9.10. The van der Waals surface area contributed by atoms with E-state index in [4.69, 9.17) is 5.84 Å². The number of nitrogens with one attached hydrogen (secondary N) is 1. The van der Waals surface area contributed by atoms with Crippen LogP contribution in [0.1, 0.15) is 44.7 Å². The second kappa shape index (κ2) is 6.13. The highest BCUT2D eigenvalue weighted by Crippen LogP contribution is 2.39. The summed E-state index contributed by atoms with van der Waals surface area (Å²) < 4.78 is 1.01. The highest BCUT2D eigenvalue weighted by Gasteiger charge is 2.30. The van der Waals surface area contributed by atoms with Gasteiger partial charge >= 0.3 is 0 Å². The van der Waals surface area contributed by atoms with Crippen LogP contribution in [0, 0.1) is 17.8 Å². The Morgan fingerprint density at radius 2 is 1.94 bits per heavy atom. The fourth-order valence-corrected chi connectivity index (χ4v) is 3.77. The zero-order chi connectivity index (χ0) is 13.1. The number of hydrazine groups is 1. The molecule has 1 aliphatic carbocycles. The van der Waals surface area contributed by atoms with Crippen molar-refractivity contribution in [3.8, 4) is 0 Å². The van der Waals surface area contributed by atoms with Gasteiger partial charge in [0.2, 0.25) is 0 Å². The van der Waals surface area contributed by atoms with Crippen LogP contribution in [0.5, 0.6) is 0 Å². The summed E-state index contributed by atoms with van der Waals surface area (Å²) in [5.41, 5.74) is 4.17. The van der Waals surface area contributed by atoms with Gasteiger partial charge in [0.15, 0.2) is 0 Å². The molecule has 0 bridgehead atoms. The van der Waals surface area contributed by atoms with Crippen molar-refractivity contribution in [2.24, 2.45) is 23.6 Å². The van der Waals surface area contributed by atoms with Crippen LogP contribution in [0.25, 0.3) is 0 Å². The summed E-state index contributed by atoms with van der Waals surface area (Å²) in [6, 6.07) is 2.32. The summed E-state index contributed by atoms with van der Waals surface area (Å²) in [6.45, 7) is 4.69. The summed E-state index contributed by atoms with van der Waals surface area (Å²) in [6.07, 6.45) is 7.55. The highest BCUT2D eigenvalue weighted by atomic mass is 79.9.